The topological polar surface area (TPSA) is 582 Å². The van der Waals surface area contributed by atoms with Gasteiger partial charge >= 0.3 is 78.8 Å². The highest BCUT2D eigenvalue weighted by Crippen LogP contribution is 2.35. The Morgan fingerprint density at radius 3 is 0.672 bits per heavy atom. The van der Waals surface area contributed by atoms with Crippen LogP contribution in [0.15, 0.2) is 133 Å². The molecule has 131 heavy (non-hydrogen) atoms. The molecule has 0 spiro atoms. The number of hydrogen-bond donors (Lipinski definition) is 4. The van der Waals surface area contributed by atoms with E-state index in [2.05, 4.69) is 21.3 Å². The highest BCUT2D eigenvalue weighted by Gasteiger charge is 2.31. The number of nitro benzene ring substituents is 4. The molecule has 10 amide bonds. The van der Waals surface area contributed by atoms with Crippen LogP contribution in [0.25, 0.3) is 0 Å². The molecule has 0 aliphatic heterocycles. The Morgan fingerprint density at radius 2 is 0.481 bits per heavy atom. The minimum atomic E-state index is -1.18. The molecule has 0 atom stereocenters. The molecule has 0 aliphatic carbocycles. The number of benzene rings is 7. The lowest BCUT2D eigenvalue weighted by Gasteiger charge is -2.26. The number of nitrogens with zero attached hydrogens (tertiary/aromatic N) is 10. The maximum atomic E-state index is 14.3. The average Bonchev–Trinajstić information content (AvgIpc) is 0.810. The minimum absolute atomic E-state index is 0.0532. The maximum absolute atomic E-state index is 14.3. The van der Waals surface area contributed by atoms with Crippen molar-refractivity contribution in [2.24, 2.45) is 0 Å². The van der Waals surface area contributed by atoms with E-state index in [1.165, 1.54) is 116 Å². The molecule has 0 saturated carbocycles. The van der Waals surface area contributed by atoms with Crippen molar-refractivity contribution in [2.45, 2.75) is 86.8 Å². The van der Waals surface area contributed by atoms with E-state index in [1.54, 1.807) is 20.8 Å². The predicted octanol–water partition coefficient (Wildman–Crippen LogP) is 13.5. The van der Waals surface area contributed by atoms with Gasteiger partial charge in [0.15, 0.2) is 0 Å². The largest absolute Gasteiger partial charge is 0.462 e. The van der Waals surface area contributed by atoms with Crippen molar-refractivity contribution < 1.29 is 144 Å². The van der Waals surface area contributed by atoms with Crippen molar-refractivity contribution in [2.75, 3.05) is 123 Å². The fourth-order valence-electron chi connectivity index (χ4n) is 10.9. The summed E-state index contributed by atoms with van der Waals surface area (Å²) in [7, 11) is 7.68. The molecule has 0 aromatic heterocycles. The molecule has 0 unspecified atom stereocenters. The zero-order chi connectivity index (χ0) is 96.5. The fraction of sp³-hybridized carbons (Fsp3) is 0.337. The van der Waals surface area contributed by atoms with Crippen LogP contribution in [0.5, 0.6) is 17.2 Å². The molecule has 0 heterocycles. The van der Waals surface area contributed by atoms with Crippen LogP contribution in [0.4, 0.5) is 93.4 Å². The van der Waals surface area contributed by atoms with Gasteiger partial charge in [0.1, 0.15) is 62.5 Å². The summed E-state index contributed by atoms with van der Waals surface area (Å²) in [6.07, 6.45) is -11.0. The predicted molar refractivity (Wildman–Crippen MR) is 455 cm³/mol. The molecule has 0 radical (unpaired) electrons. The second-order valence-electron chi connectivity index (χ2n) is 28.8. The van der Waals surface area contributed by atoms with Gasteiger partial charge in [-0.15, -0.1) is 0 Å². The third-order valence-electron chi connectivity index (χ3n) is 17.8. The first-order valence-corrected chi connectivity index (χ1v) is 39.2. The van der Waals surface area contributed by atoms with Gasteiger partial charge < -0.3 is 91.0 Å². The Balaban J connectivity index is 1.12. The normalized spacial score (nSPS) is 10.6. The number of hydrogen-bond acceptors (Lipinski definition) is 34. The second-order valence-corrected chi connectivity index (χ2v) is 28.8. The van der Waals surface area contributed by atoms with Crippen LogP contribution >= 0.6 is 0 Å². The Labute approximate surface area is 745 Å². The minimum Gasteiger partial charge on any atom is -0.462 e. The Bertz CT molecular complexity index is 4900. The maximum Gasteiger partial charge on any atom is 0.415 e. The number of nitrogens with one attached hydrogen (secondary N) is 4. The summed E-state index contributed by atoms with van der Waals surface area (Å²) in [6.45, 7) is 2.41. The third kappa shape index (κ3) is 31.7. The monoisotopic (exact) mass is 1830 g/mol. The van der Waals surface area contributed by atoms with E-state index in [4.69, 9.17) is 61.6 Å². The highest BCUT2D eigenvalue weighted by atomic mass is 16.7. The summed E-state index contributed by atoms with van der Waals surface area (Å²) < 4.78 is 72.3. The molecule has 0 bridgehead atoms. The second kappa shape index (κ2) is 48.1. The molecule has 7 rings (SSSR count). The zero-order valence-corrected chi connectivity index (χ0v) is 72.7. The van der Waals surface area contributed by atoms with Crippen LogP contribution in [0.2, 0.25) is 0 Å². The number of anilines is 4. The van der Waals surface area contributed by atoms with E-state index < -0.39 is 161 Å². The van der Waals surface area contributed by atoms with Crippen LogP contribution in [0.3, 0.4) is 0 Å². The van der Waals surface area contributed by atoms with E-state index >= 15 is 0 Å². The van der Waals surface area contributed by atoms with Crippen molar-refractivity contribution >= 4 is 124 Å². The SMILES string of the molecule is CCOC(=O)c1cc(COC(=O)Nc2ccc([N+](=O)[O-])cc2)c(OC(=O)N(C)CCN(C)C(=O)OCc2cc(C(=O)OCC)cc(COC(=O)N(C)CCN(C)C(=O)Oc3c(COC(=O)Nc4ccc([N+](=O)[O-])cc4)cc(C(=O)OCC)cc3COC(=O)Nc3ccc([N+](=O)[O-])cc3)c2OC(=O)N(C)CCN(C)C(=O)OC(C)(C)C)c(COC(=O)Nc2ccc([N+](=O)[O-])cc2)c1. The summed E-state index contributed by atoms with van der Waals surface area (Å²) >= 11 is 0. The van der Waals surface area contributed by atoms with Gasteiger partial charge in [-0.3, -0.25) is 61.7 Å². The lowest BCUT2D eigenvalue weighted by molar-refractivity contribution is -0.385. The molecule has 0 saturated heterocycles. The molecule has 0 fully saturated rings. The first kappa shape index (κ1) is 101. The van der Waals surface area contributed by atoms with Gasteiger partial charge in [0.2, 0.25) is 0 Å². The molecule has 0 aliphatic rings. The summed E-state index contributed by atoms with van der Waals surface area (Å²) in [5.74, 6) is -4.16. The Hall–Kier alpha value is -16.8. The molecular weight excluding hydrogens is 1740 g/mol. The number of amides is 10. The Morgan fingerprint density at radius 1 is 0.290 bits per heavy atom. The first-order chi connectivity index (χ1) is 62.0. The van der Waals surface area contributed by atoms with E-state index in [9.17, 15) is 103 Å². The summed E-state index contributed by atoms with van der Waals surface area (Å²) in [5, 5.41) is 54.6. The van der Waals surface area contributed by atoms with Gasteiger partial charge in [-0.1, -0.05) is 0 Å². The van der Waals surface area contributed by atoms with Crippen LogP contribution in [0.1, 0.15) is 106 Å². The van der Waals surface area contributed by atoms with Gasteiger partial charge in [0, 0.05) is 186 Å². The van der Waals surface area contributed by atoms with Crippen LogP contribution in [-0.4, -0.2) is 235 Å². The molecular formula is C83H92N14O34. The first-order valence-electron chi connectivity index (χ1n) is 39.2. The number of likely N-dealkylation sites (N-methyl/N-ethyl adjacent to an activating group) is 6. The summed E-state index contributed by atoms with van der Waals surface area (Å²) in [6, 6.07) is 25.4. The van der Waals surface area contributed by atoms with Crippen molar-refractivity contribution in [1.82, 2.24) is 29.4 Å². The van der Waals surface area contributed by atoms with Crippen molar-refractivity contribution in [3.8, 4) is 17.2 Å². The van der Waals surface area contributed by atoms with Gasteiger partial charge in [0.25, 0.3) is 22.7 Å². The van der Waals surface area contributed by atoms with Gasteiger partial charge in [-0.2, -0.15) is 0 Å². The number of rotatable bonds is 38. The third-order valence-corrected chi connectivity index (χ3v) is 17.8. The zero-order valence-electron chi connectivity index (χ0n) is 72.7. The van der Waals surface area contributed by atoms with Crippen LogP contribution in [0, 0.1) is 40.5 Å². The Kier molecular flexibility index (Phi) is 37.2. The molecule has 4 N–H and O–H groups in total. The number of non-ortho nitro benzene ring substituents is 4. The van der Waals surface area contributed by atoms with E-state index in [-0.39, 0.29) is 155 Å². The highest BCUT2D eigenvalue weighted by molar-refractivity contribution is 5.93. The molecule has 7 aromatic carbocycles. The number of ether oxygens (including phenoxy) is 13. The van der Waals surface area contributed by atoms with Gasteiger partial charge in [0.05, 0.1) is 56.2 Å². The number of esters is 3. The smallest absolute Gasteiger partial charge is 0.415 e. The quantitative estimate of drug-likeness (QED) is 0.0121. The molecule has 698 valence electrons. The fourth-order valence-corrected chi connectivity index (χ4v) is 10.9. The molecule has 48 nitrogen and oxygen atoms in total. The summed E-state index contributed by atoms with van der Waals surface area (Å²) in [5.41, 5.74) is -3.82. The van der Waals surface area contributed by atoms with Crippen LogP contribution < -0.4 is 35.5 Å². The lowest BCUT2D eigenvalue weighted by atomic mass is 10.0. The van der Waals surface area contributed by atoms with E-state index in [0.29, 0.717) is 0 Å². The average molecular weight is 1830 g/mol. The van der Waals surface area contributed by atoms with E-state index in [0.717, 1.165) is 109 Å². The van der Waals surface area contributed by atoms with Gasteiger partial charge in [-0.05, 0) is 126 Å². The molecule has 7 aromatic rings. The van der Waals surface area contributed by atoms with Crippen LogP contribution in [-0.2, 0) is 87.0 Å². The number of nitro groups is 4. The van der Waals surface area contributed by atoms with Crippen molar-refractivity contribution in [1.29, 1.82) is 0 Å². The van der Waals surface area contributed by atoms with Gasteiger partial charge in [-0.25, -0.2) is 62.3 Å². The molecule has 48 heteroatoms. The summed E-state index contributed by atoms with van der Waals surface area (Å²) in [4.78, 5) is 226. The standard InChI is InChI=1S/C83H92N14O34/c1-13-119-70(98)50-38-53(44-122-73(101)84-59-16-24-63(25-17-59)94(111)112)67(54(39-50)45-123-74(102)85-60-18-26-64(27-19-60)95(113)114)128-79(107)90(9)34-32-88(7)77(105)126-48-57-42-52(72(100)121-15-3)43-58(69(57)130-81(109)92(11)36-37-93(12)82(110)131-83(4,5)6)49-127-78(106)89(8)33-35-91(10)80(108)129-68-55(46-124-75(103)86-61-20-28-65(29-21-61)96(115)116)40-51(71(99)120-14-2)41-56(68)47-125-76(104)87-62-22-30-66(31-23-62)97(117)118/h16-31,38-43H,13-15,32-37,44-49H2,1-12H3,(H,84,101)(H,85,102)(H,86,103)(H,87,104). The lowest BCUT2D eigenvalue weighted by Crippen LogP contribution is -2.40. The van der Waals surface area contributed by atoms with Crippen molar-refractivity contribution in [3.63, 3.8) is 0 Å². The number of carbonyl (C=O) groups excluding carboxylic acids is 13. The van der Waals surface area contributed by atoms with E-state index in [1.807, 2.05) is 0 Å². The van der Waals surface area contributed by atoms with Crippen molar-refractivity contribution in [3.05, 3.63) is 224 Å². The number of carbonyl (C=O) groups is 13.